The third-order valence-electron chi connectivity index (χ3n) is 4.35. The highest BCUT2D eigenvalue weighted by molar-refractivity contribution is 6.36. The Bertz CT molecular complexity index is 931. The number of aromatic nitrogens is 1. The molecule has 3 nitrogen and oxygen atoms in total. The van der Waals surface area contributed by atoms with Crippen molar-refractivity contribution in [2.24, 2.45) is 0 Å². The SMILES string of the molecule is CCCCn1c(C(=O)Nc2cc(Cl)ccc2Cl)c(C)c2ccccc21. The minimum absolute atomic E-state index is 0.172. The van der Waals surface area contributed by atoms with Crippen molar-refractivity contribution >= 4 is 45.7 Å². The van der Waals surface area contributed by atoms with E-state index >= 15 is 0 Å². The highest BCUT2D eigenvalue weighted by Gasteiger charge is 2.20. The summed E-state index contributed by atoms with van der Waals surface area (Å²) in [6.07, 6.45) is 2.07. The first-order valence-corrected chi connectivity index (χ1v) is 9.12. The topological polar surface area (TPSA) is 34.0 Å². The summed E-state index contributed by atoms with van der Waals surface area (Å²) in [7, 11) is 0. The summed E-state index contributed by atoms with van der Waals surface area (Å²) in [6, 6.07) is 13.1. The van der Waals surface area contributed by atoms with Crippen LogP contribution in [0, 0.1) is 6.92 Å². The lowest BCUT2D eigenvalue weighted by molar-refractivity contribution is 0.101. The molecule has 0 radical (unpaired) electrons. The Labute approximate surface area is 157 Å². The minimum atomic E-state index is -0.172. The van der Waals surface area contributed by atoms with E-state index < -0.39 is 0 Å². The Hall–Kier alpha value is -1.97. The fraction of sp³-hybridized carbons (Fsp3) is 0.250. The molecule has 3 aromatic rings. The number of unbranched alkanes of at least 4 members (excludes halogenated alkanes) is 1. The predicted molar refractivity (Wildman–Crippen MR) is 106 cm³/mol. The maximum atomic E-state index is 13.0. The molecule has 3 rings (SSSR count). The second-order valence-corrected chi connectivity index (χ2v) is 6.92. The molecular formula is C20H20Cl2N2O. The molecule has 1 aromatic heterocycles. The van der Waals surface area contributed by atoms with Gasteiger partial charge in [0.25, 0.3) is 5.91 Å². The second-order valence-electron chi connectivity index (χ2n) is 6.07. The van der Waals surface area contributed by atoms with Gasteiger partial charge < -0.3 is 9.88 Å². The second kappa shape index (κ2) is 7.51. The molecule has 0 fully saturated rings. The molecule has 5 heteroatoms. The van der Waals surface area contributed by atoms with Gasteiger partial charge in [-0.2, -0.15) is 0 Å². The molecule has 0 spiro atoms. The number of anilines is 1. The van der Waals surface area contributed by atoms with Gasteiger partial charge in [-0.15, -0.1) is 0 Å². The number of benzene rings is 2. The molecular weight excluding hydrogens is 355 g/mol. The normalized spacial score (nSPS) is 11.0. The number of nitrogens with one attached hydrogen (secondary N) is 1. The van der Waals surface area contributed by atoms with Crippen LogP contribution < -0.4 is 5.32 Å². The van der Waals surface area contributed by atoms with E-state index in [1.807, 2.05) is 19.1 Å². The molecule has 0 bridgehead atoms. The Morgan fingerprint density at radius 3 is 2.68 bits per heavy atom. The Balaban J connectivity index is 2.05. The average Bonchev–Trinajstić information content (AvgIpc) is 2.89. The lowest BCUT2D eigenvalue weighted by Crippen LogP contribution is -2.18. The zero-order valence-electron chi connectivity index (χ0n) is 14.3. The number of hydrogen-bond acceptors (Lipinski definition) is 1. The zero-order chi connectivity index (χ0) is 18.0. The van der Waals surface area contributed by atoms with Gasteiger partial charge >= 0.3 is 0 Å². The van der Waals surface area contributed by atoms with E-state index in [2.05, 4.69) is 28.9 Å². The summed E-state index contributed by atoms with van der Waals surface area (Å²) in [5.74, 6) is -0.172. The standard InChI is InChI=1S/C20H20Cl2N2O/c1-3-4-11-24-18-8-6-5-7-15(18)13(2)19(24)20(25)23-17-12-14(21)9-10-16(17)22/h5-10,12H,3-4,11H2,1-2H3,(H,23,25). The maximum absolute atomic E-state index is 13.0. The molecule has 130 valence electrons. The van der Waals surface area contributed by atoms with E-state index in [1.54, 1.807) is 18.2 Å². The molecule has 1 N–H and O–H groups in total. The summed E-state index contributed by atoms with van der Waals surface area (Å²) in [6.45, 7) is 4.93. The molecule has 0 unspecified atom stereocenters. The van der Waals surface area contributed by atoms with Crippen LogP contribution in [0.25, 0.3) is 10.9 Å². The average molecular weight is 375 g/mol. The van der Waals surface area contributed by atoms with Gasteiger partial charge in [-0.05, 0) is 43.2 Å². The van der Waals surface area contributed by atoms with Crippen LogP contribution in [0.2, 0.25) is 10.0 Å². The van der Waals surface area contributed by atoms with Crippen molar-refractivity contribution in [2.75, 3.05) is 5.32 Å². The van der Waals surface area contributed by atoms with Gasteiger partial charge in [0.05, 0.1) is 10.7 Å². The van der Waals surface area contributed by atoms with Gasteiger partial charge in [-0.25, -0.2) is 0 Å². The van der Waals surface area contributed by atoms with Gasteiger partial charge in [-0.1, -0.05) is 54.7 Å². The van der Waals surface area contributed by atoms with E-state index in [1.165, 1.54) is 0 Å². The molecule has 2 aromatic carbocycles. The highest BCUT2D eigenvalue weighted by Crippen LogP contribution is 2.29. The van der Waals surface area contributed by atoms with E-state index in [-0.39, 0.29) is 5.91 Å². The first-order valence-electron chi connectivity index (χ1n) is 8.37. The number of amides is 1. The van der Waals surface area contributed by atoms with Gasteiger partial charge in [-0.3, -0.25) is 4.79 Å². The van der Waals surface area contributed by atoms with E-state index in [4.69, 9.17) is 23.2 Å². The summed E-state index contributed by atoms with van der Waals surface area (Å²) in [5, 5.41) is 5.00. The predicted octanol–water partition coefficient (Wildman–Crippen LogP) is 6.31. The minimum Gasteiger partial charge on any atom is -0.336 e. The fourth-order valence-corrected chi connectivity index (χ4v) is 3.43. The van der Waals surface area contributed by atoms with Crippen molar-refractivity contribution in [2.45, 2.75) is 33.2 Å². The Morgan fingerprint density at radius 1 is 1.16 bits per heavy atom. The monoisotopic (exact) mass is 374 g/mol. The number of hydrogen-bond donors (Lipinski definition) is 1. The number of aryl methyl sites for hydroxylation is 2. The van der Waals surface area contributed by atoms with Crippen LogP contribution in [0.15, 0.2) is 42.5 Å². The van der Waals surface area contributed by atoms with E-state index in [9.17, 15) is 4.79 Å². The van der Waals surface area contributed by atoms with E-state index in [0.29, 0.717) is 21.4 Å². The lowest BCUT2D eigenvalue weighted by atomic mass is 10.1. The van der Waals surface area contributed by atoms with Crippen molar-refractivity contribution in [1.82, 2.24) is 4.57 Å². The van der Waals surface area contributed by atoms with Crippen molar-refractivity contribution in [1.29, 1.82) is 0 Å². The molecule has 0 aliphatic carbocycles. The van der Waals surface area contributed by atoms with Gasteiger partial charge in [0.1, 0.15) is 5.69 Å². The zero-order valence-corrected chi connectivity index (χ0v) is 15.8. The van der Waals surface area contributed by atoms with Crippen LogP contribution in [0.1, 0.15) is 35.8 Å². The summed E-state index contributed by atoms with van der Waals surface area (Å²) in [5.41, 5.74) is 3.25. The number of rotatable bonds is 5. The number of fused-ring (bicyclic) bond motifs is 1. The summed E-state index contributed by atoms with van der Waals surface area (Å²) < 4.78 is 2.10. The number of carbonyl (C=O) groups excluding carboxylic acids is 1. The number of para-hydroxylation sites is 1. The van der Waals surface area contributed by atoms with Gasteiger partial charge in [0.2, 0.25) is 0 Å². The molecule has 1 amide bonds. The van der Waals surface area contributed by atoms with Crippen molar-refractivity contribution in [3.63, 3.8) is 0 Å². The summed E-state index contributed by atoms with van der Waals surface area (Å²) >= 11 is 12.2. The van der Waals surface area contributed by atoms with Crippen LogP contribution in [0.3, 0.4) is 0 Å². The third kappa shape index (κ3) is 3.53. The molecule has 1 heterocycles. The number of nitrogens with zero attached hydrogens (tertiary/aromatic N) is 1. The Morgan fingerprint density at radius 2 is 1.92 bits per heavy atom. The Kier molecular flexibility index (Phi) is 5.36. The number of carbonyl (C=O) groups is 1. The van der Waals surface area contributed by atoms with E-state index in [0.717, 1.165) is 35.9 Å². The van der Waals surface area contributed by atoms with Crippen molar-refractivity contribution in [3.8, 4) is 0 Å². The largest absolute Gasteiger partial charge is 0.336 e. The summed E-state index contributed by atoms with van der Waals surface area (Å²) in [4.78, 5) is 13.0. The van der Waals surface area contributed by atoms with Crippen molar-refractivity contribution in [3.05, 3.63) is 63.8 Å². The molecule has 0 saturated heterocycles. The van der Waals surface area contributed by atoms with Gasteiger partial charge in [0, 0.05) is 22.5 Å². The maximum Gasteiger partial charge on any atom is 0.272 e. The quantitative estimate of drug-likeness (QED) is 0.557. The molecule has 0 atom stereocenters. The highest BCUT2D eigenvalue weighted by atomic mass is 35.5. The van der Waals surface area contributed by atoms with Crippen molar-refractivity contribution < 1.29 is 4.79 Å². The molecule has 25 heavy (non-hydrogen) atoms. The fourth-order valence-electron chi connectivity index (χ4n) is 3.09. The first-order chi connectivity index (χ1) is 12.0. The van der Waals surface area contributed by atoms with Crippen LogP contribution >= 0.6 is 23.2 Å². The van der Waals surface area contributed by atoms with Crippen LogP contribution in [0.5, 0.6) is 0 Å². The van der Waals surface area contributed by atoms with Crippen LogP contribution in [-0.4, -0.2) is 10.5 Å². The molecule has 0 saturated carbocycles. The van der Waals surface area contributed by atoms with Crippen LogP contribution in [0.4, 0.5) is 5.69 Å². The third-order valence-corrected chi connectivity index (χ3v) is 4.92. The van der Waals surface area contributed by atoms with Gasteiger partial charge in [0.15, 0.2) is 0 Å². The lowest BCUT2D eigenvalue weighted by Gasteiger charge is -2.12. The van der Waals surface area contributed by atoms with Crippen LogP contribution in [-0.2, 0) is 6.54 Å². The molecule has 0 aliphatic rings. The smallest absolute Gasteiger partial charge is 0.272 e. The first kappa shape index (κ1) is 17.8. The number of halogens is 2. The molecule has 0 aliphatic heterocycles.